The largest absolute Gasteiger partial charge is 0.494 e. The highest BCUT2D eigenvalue weighted by molar-refractivity contribution is 5.95. The fourth-order valence-corrected chi connectivity index (χ4v) is 2.50. The Morgan fingerprint density at radius 2 is 1.55 bits per heavy atom. The number of amides is 1. The lowest BCUT2D eigenvalue weighted by Crippen LogP contribution is -2.17. The molecule has 0 aliphatic heterocycles. The van der Waals surface area contributed by atoms with Crippen LogP contribution >= 0.6 is 0 Å². The number of halogens is 1. The molecule has 5 nitrogen and oxygen atoms in total. The molecule has 0 heterocycles. The zero-order valence-electron chi connectivity index (χ0n) is 16.0. The minimum Gasteiger partial charge on any atom is -0.494 e. The van der Waals surface area contributed by atoms with Gasteiger partial charge in [0.1, 0.15) is 23.9 Å². The molecule has 3 aromatic rings. The Morgan fingerprint density at radius 1 is 0.931 bits per heavy atom. The van der Waals surface area contributed by atoms with Gasteiger partial charge in [0.05, 0.1) is 12.8 Å². The molecule has 0 radical (unpaired) electrons. The predicted molar refractivity (Wildman–Crippen MR) is 110 cm³/mol. The van der Waals surface area contributed by atoms with Crippen LogP contribution in [-0.2, 0) is 6.61 Å². The van der Waals surface area contributed by atoms with Gasteiger partial charge in [0.25, 0.3) is 5.91 Å². The van der Waals surface area contributed by atoms with E-state index in [2.05, 4.69) is 10.5 Å². The fraction of sp³-hybridized carbons (Fsp3) is 0.130. The highest BCUT2D eigenvalue weighted by atomic mass is 19.1. The molecule has 1 N–H and O–H groups in total. The average Bonchev–Trinajstić information content (AvgIpc) is 2.75. The summed E-state index contributed by atoms with van der Waals surface area (Å²) in [5.41, 5.74) is 4.68. The molecule has 0 fully saturated rings. The Bertz CT molecular complexity index is 953. The number of hydrogen-bond acceptors (Lipinski definition) is 4. The van der Waals surface area contributed by atoms with E-state index in [0.717, 1.165) is 11.1 Å². The molecule has 0 saturated heterocycles. The predicted octanol–water partition coefficient (Wildman–Crippen LogP) is 4.57. The van der Waals surface area contributed by atoms with Crippen molar-refractivity contribution in [3.63, 3.8) is 0 Å². The highest BCUT2D eigenvalue weighted by Crippen LogP contribution is 2.14. The normalized spacial score (nSPS) is 10.7. The number of nitrogens with zero attached hydrogens (tertiary/aromatic N) is 1. The molecular weight excluding hydrogens is 371 g/mol. The van der Waals surface area contributed by atoms with E-state index in [1.165, 1.54) is 12.1 Å². The van der Waals surface area contributed by atoms with Crippen LogP contribution in [-0.4, -0.2) is 18.7 Å². The molecule has 3 aromatic carbocycles. The first-order valence-corrected chi connectivity index (χ1v) is 9.17. The van der Waals surface area contributed by atoms with E-state index in [9.17, 15) is 9.18 Å². The van der Waals surface area contributed by atoms with Gasteiger partial charge < -0.3 is 9.47 Å². The maximum absolute atomic E-state index is 12.9. The number of ether oxygens (including phenoxy) is 2. The van der Waals surface area contributed by atoms with Gasteiger partial charge in [0.2, 0.25) is 0 Å². The van der Waals surface area contributed by atoms with E-state index in [4.69, 9.17) is 9.47 Å². The second-order valence-corrected chi connectivity index (χ2v) is 6.14. The van der Waals surface area contributed by atoms with Crippen molar-refractivity contribution in [1.29, 1.82) is 0 Å². The lowest BCUT2D eigenvalue weighted by Gasteiger charge is -2.06. The van der Waals surface area contributed by atoms with Gasteiger partial charge in [-0.1, -0.05) is 12.1 Å². The third kappa shape index (κ3) is 6.17. The first-order chi connectivity index (χ1) is 14.1. The summed E-state index contributed by atoms with van der Waals surface area (Å²) in [6.07, 6.45) is 1.55. The molecule has 0 aliphatic rings. The first kappa shape index (κ1) is 20.1. The topological polar surface area (TPSA) is 59.9 Å². The zero-order chi connectivity index (χ0) is 20.5. The highest BCUT2D eigenvalue weighted by Gasteiger charge is 2.04. The standard InChI is InChI=1S/C23H21FN2O3/c1-2-28-21-13-7-19(8-14-21)23(27)26-25-15-17-5-11-22(12-6-17)29-16-18-3-9-20(24)10-4-18/h3-15H,2,16H2,1H3,(H,26,27)/b25-15-. The summed E-state index contributed by atoms with van der Waals surface area (Å²) >= 11 is 0. The number of hydrazone groups is 1. The maximum atomic E-state index is 12.9. The summed E-state index contributed by atoms with van der Waals surface area (Å²) < 4.78 is 23.9. The number of rotatable bonds is 8. The Balaban J connectivity index is 1.49. The van der Waals surface area contributed by atoms with Gasteiger partial charge in [0, 0.05) is 5.56 Å². The van der Waals surface area contributed by atoms with Crippen molar-refractivity contribution in [2.75, 3.05) is 6.61 Å². The number of hydrogen-bond donors (Lipinski definition) is 1. The van der Waals surface area contributed by atoms with Gasteiger partial charge in [-0.05, 0) is 78.7 Å². The lowest BCUT2D eigenvalue weighted by molar-refractivity contribution is 0.0955. The number of carbonyl (C=O) groups excluding carboxylic acids is 1. The summed E-state index contributed by atoms with van der Waals surface area (Å²) in [5.74, 6) is 0.828. The van der Waals surface area contributed by atoms with Crippen LogP contribution in [0.4, 0.5) is 4.39 Å². The van der Waals surface area contributed by atoms with Gasteiger partial charge in [0.15, 0.2) is 0 Å². The number of benzene rings is 3. The van der Waals surface area contributed by atoms with Gasteiger partial charge in [-0.3, -0.25) is 4.79 Å². The molecule has 0 saturated carbocycles. The summed E-state index contributed by atoms with van der Waals surface area (Å²) in [6.45, 7) is 2.83. The van der Waals surface area contributed by atoms with Gasteiger partial charge in [-0.2, -0.15) is 5.10 Å². The Morgan fingerprint density at radius 3 is 2.21 bits per heavy atom. The molecule has 1 amide bonds. The number of carbonyl (C=O) groups is 1. The molecule has 3 rings (SSSR count). The molecule has 29 heavy (non-hydrogen) atoms. The first-order valence-electron chi connectivity index (χ1n) is 9.17. The fourth-order valence-electron chi connectivity index (χ4n) is 2.50. The molecule has 0 aliphatic carbocycles. The Labute approximate surface area is 168 Å². The maximum Gasteiger partial charge on any atom is 0.271 e. The van der Waals surface area contributed by atoms with Crippen molar-refractivity contribution in [1.82, 2.24) is 5.43 Å². The van der Waals surface area contributed by atoms with Crippen LogP contribution in [0.2, 0.25) is 0 Å². The van der Waals surface area contributed by atoms with E-state index < -0.39 is 0 Å². The van der Waals surface area contributed by atoms with E-state index in [-0.39, 0.29) is 11.7 Å². The quantitative estimate of drug-likeness (QED) is 0.451. The van der Waals surface area contributed by atoms with Crippen molar-refractivity contribution in [2.45, 2.75) is 13.5 Å². The molecular formula is C23H21FN2O3. The van der Waals surface area contributed by atoms with Crippen LogP contribution in [0.15, 0.2) is 77.9 Å². The van der Waals surface area contributed by atoms with E-state index in [1.54, 1.807) is 54.7 Å². The van der Waals surface area contributed by atoms with Crippen molar-refractivity contribution < 1.29 is 18.7 Å². The van der Waals surface area contributed by atoms with Crippen molar-refractivity contribution in [2.24, 2.45) is 5.10 Å². The molecule has 0 aromatic heterocycles. The SMILES string of the molecule is CCOc1ccc(C(=O)N/N=C\c2ccc(OCc3ccc(F)cc3)cc2)cc1. The molecule has 0 atom stereocenters. The van der Waals surface area contributed by atoms with Crippen LogP contribution in [0.25, 0.3) is 0 Å². The Hall–Kier alpha value is -3.67. The van der Waals surface area contributed by atoms with Crippen LogP contribution in [0, 0.1) is 5.82 Å². The van der Waals surface area contributed by atoms with Crippen molar-refractivity contribution in [3.05, 3.63) is 95.3 Å². The van der Waals surface area contributed by atoms with Crippen molar-refractivity contribution >= 4 is 12.1 Å². The van der Waals surface area contributed by atoms with E-state index in [1.807, 2.05) is 19.1 Å². The molecule has 0 bridgehead atoms. The van der Waals surface area contributed by atoms with Gasteiger partial charge >= 0.3 is 0 Å². The van der Waals surface area contributed by atoms with Crippen LogP contribution in [0.1, 0.15) is 28.4 Å². The number of nitrogens with one attached hydrogen (secondary N) is 1. The third-order valence-corrected chi connectivity index (χ3v) is 4.01. The monoisotopic (exact) mass is 392 g/mol. The van der Waals surface area contributed by atoms with Crippen LogP contribution in [0.5, 0.6) is 11.5 Å². The van der Waals surface area contributed by atoms with Gasteiger partial charge in [-0.25, -0.2) is 9.82 Å². The van der Waals surface area contributed by atoms with Crippen LogP contribution in [0.3, 0.4) is 0 Å². The second kappa shape index (κ2) is 10.0. The Kier molecular flexibility index (Phi) is 6.95. The lowest BCUT2D eigenvalue weighted by atomic mass is 10.2. The third-order valence-electron chi connectivity index (χ3n) is 4.01. The summed E-state index contributed by atoms with van der Waals surface area (Å²) in [6, 6.07) is 20.3. The molecule has 148 valence electrons. The minimum atomic E-state index is -0.302. The average molecular weight is 392 g/mol. The van der Waals surface area contributed by atoms with E-state index in [0.29, 0.717) is 30.3 Å². The van der Waals surface area contributed by atoms with Crippen LogP contribution < -0.4 is 14.9 Å². The molecule has 0 spiro atoms. The molecule has 0 unspecified atom stereocenters. The van der Waals surface area contributed by atoms with Gasteiger partial charge in [-0.15, -0.1) is 0 Å². The summed E-state index contributed by atoms with van der Waals surface area (Å²) in [5, 5.41) is 3.98. The van der Waals surface area contributed by atoms with Crippen molar-refractivity contribution in [3.8, 4) is 11.5 Å². The second-order valence-electron chi connectivity index (χ2n) is 6.14. The molecule has 6 heteroatoms. The minimum absolute atomic E-state index is 0.271. The zero-order valence-corrected chi connectivity index (χ0v) is 16.0. The summed E-state index contributed by atoms with van der Waals surface area (Å²) in [4.78, 5) is 12.1. The summed E-state index contributed by atoms with van der Waals surface area (Å²) in [7, 11) is 0. The van der Waals surface area contributed by atoms with E-state index >= 15 is 0 Å². The smallest absolute Gasteiger partial charge is 0.271 e.